The van der Waals surface area contributed by atoms with Gasteiger partial charge < -0.3 is 36.5 Å². The molecular formula is C27H41N7O6. The minimum atomic E-state index is -0.958. The Balaban J connectivity index is 1.91. The van der Waals surface area contributed by atoms with E-state index in [0.29, 0.717) is 18.7 Å². The summed E-state index contributed by atoms with van der Waals surface area (Å²) in [6, 6.07) is 5.06. The summed E-state index contributed by atoms with van der Waals surface area (Å²) in [5.74, 6) is -1.65. The number of rotatable bonds is 17. The number of benzene rings is 1. The molecule has 5 atom stereocenters. The molecule has 220 valence electrons. The standard InChI is InChI=1S/C27H41N7O6/c1-5-12-29-23(36)11-10-21(27(39)40-4)33-26(38)18-6-8-19(9-7-18)30-14-20(13-28)34-22(15-35)24(34)31-16-32-25(37)17(2)3/h6-9,15-17,20-22,24,30H,5,10-14,28H2,1-4H3,(H,29,36)(H,33,38)(H,31,32,37)/t20?,21-,22?,24?,34?/m0/s1. The highest BCUT2D eigenvalue weighted by Crippen LogP contribution is 2.30. The zero-order valence-electron chi connectivity index (χ0n) is 23.5. The monoisotopic (exact) mass is 559 g/mol. The van der Waals surface area contributed by atoms with Crippen molar-refractivity contribution in [2.24, 2.45) is 16.6 Å². The number of carbonyl (C=O) groups is 5. The molecule has 40 heavy (non-hydrogen) atoms. The van der Waals surface area contributed by atoms with E-state index >= 15 is 0 Å². The van der Waals surface area contributed by atoms with Crippen molar-refractivity contribution in [2.45, 2.75) is 64.3 Å². The number of hydrogen-bond donors (Lipinski definition) is 5. The van der Waals surface area contributed by atoms with Gasteiger partial charge in [0.2, 0.25) is 11.8 Å². The molecule has 0 radical (unpaired) electrons. The molecule has 1 heterocycles. The molecule has 6 N–H and O–H groups in total. The molecule has 1 fully saturated rings. The van der Waals surface area contributed by atoms with Gasteiger partial charge in [-0.2, -0.15) is 0 Å². The van der Waals surface area contributed by atoms with Crippen molar-refractivity contribution in [2.75, 3.05) is 32.1 Å². The highest BCUT2D eigenvalue weighted by Gasteiger charge is 2.51. The summed E-state index contributed by atoms with van der Waals surface area (Å²) in [6.45, 7) is 6.71. The molecule has 0 bridgehead atoms. The average Bonchev–Trinajstić information content (AvgIpc) is 3.66. The van der Waals surface area contributed by atoms with E-state index in [-0.39, 0.29) is 43.2 Å². The van der Waals surface area contributed by atoms with Crippen molar-refractivity contribution in [3.8, 4) is 0 Å². The van der Waals surface area contributed by atoms with Crippen molar-refractivity contribution in [1.29, 1.82) is 0 Å². The zero-order valence-corrected chi connectivity index (χ0v) is 23.5. The summed E-state index contributed by atoms with van der Waals surface area (Å²) >= 11 is 0. The van der Waals surface area contributed by atoms with Crippen LogP contribution in [-0.4, -0.2) is 92.3 Å². The van der Waals surface area contributed by atoms with E-state index in [1.165, 1.54) is 13.4 Å². The second kappa shape index (κ2) is 16.3. The Labute approximate surface area is 234 Å². The molecule has 2 rings (SSSR count). The maximum Gasteiger partial charge on any atom is 0.328 e. The van der Waals surface area contributed by atoms with E-state index in [1.807, 2.05) is 11.8 Å². The maximum absolute atomic E-state index is 12.7. The molecule has 1 saturated heterocycles. The first-order valence-corrected chi connectivity index (χ1v) is 13.4. The summed E-state index contributed by atoms with van der Waals surface area (Å²) in [5.41, 5.74) is 7.00. The second-order valence-corrected chi connectivity index (χ2v) is 9.71. The van der Waals surface area contributed by atoms with Gasteiger partial charge in [-0.3, -0.25) is 24.3 Å². The maximum atomic E-state index is 12.7. The van der Waals surface area contributed by atoms with Crippen LogP contribution < -0.4 is 27.0 Å². The number of nitrogens with two attached hydrogens (primary N) is 1. The van der Waals surface area contributed by atoms with Crippen LogP contribution in [-0.2, 0) is 23.9 Å². The summed E-state index contributed by atoms with van der Waals surface area (Å²) in [7, 11) is 1.22. The SMILES string of the molecule is CCCNC(=O)CC[C@H](NC(=O)c1ccc(NCC(CN)N2C(C=O)C2N=CNC(=O)C(C)C)cc1)C(=O)OC. The number of methoxy groups -OCH3 is 1. The smallest absolute Gasteiger partial charge is 0.328 e. The Morgan fingerprint density at radius 2 is 1.88 bits per heavy atom. The number of aliphatic imine (C=N–C) groups is 1. The number of aldehydes is 1. The van der Waals surface area contributed by atoms with Gasteiger partial charge >= 0.3 is 5.97 Å². The fraction of sp³-hybridized carbons (Fsp3) is 0.556. The van der Waals surface area contributed by atoms with Gasteiger partial charge in [0, 0.05) is 49.3 Å². The molecule has 13 heteroatoms. The minimum Gasteiger partial charge on any atom is -0.467 e. The zero-order chi connectivity index (χ0) is 29.7. The normalized spacial score (nSPS) is 19.4. The van der Waals surface area contributed by atoms with Gasteiger partial charge in [0.05, 0.1) is 13.4 Å². The van der Waals surface area contributed by atoms with Crippen molar-refractivity contribution < 1.29 is 28.7 Å². The number of nitrogens with one attached hydrogen (secondary N) is 4. The Morgan fingerprint density at radius 1 is 1.18 bits per heavy atom. The van der Waals surface area contributed by atoms with Crippen molar-refractivity contribution >= 4 is 42.0 Å². The van der Waals surface area contributed by atoms with E-state index < -0.39 is 30.1 Å². The quantitative estimate of drug-likeness (QED) is 0.0577. The second-order valence-electron chi connectivity index (χ2n) is 9.71. The molecule has 1 aliphatic heterocycles. The van der Waals surface area contributed by atoms with Crippen LogP contribution in [0.4, 0.5) is 5.69 Å². The predicted octanol–water partition coefficient (Wildman–Crippen LogP) is 0.0133. The third-order valence-corrected chi connectivity index (χ3v) is 6.37. The number of ether oxygens (including phenoxy) is 1. The first kappa shape index (κ1) is 32.4. The Hall–Kier alpha value is -3.84. The summed E-state index contributed by atoms with van der Waals surface area (Å²) in [5, 5.41) is 11.2. The summed E-state index contributed by atoms with van der Waals surface area (Å²) in [4.78, 5) is 66.1. The lowest BCUT2D eigenvalue weighted by Crippen LogP contribution is -2.42. The van der Waals surface area contributed by atoms with Gasteiger partial charge in [-0.1, -0.05) is 20.8 Å². The van der Waals surface area contributed by atoms with Crippen molar-refractivity contribution in [1.82, 2.24) is 20.9 Å². The first-order valence-electron chi connectivity index (χ1n) is 13.4. The fourth-order valence-corrected chi connectivity index (χ4v) is 3.91. The van der Waals surface area contributed by atoms with Gasteiger partial charge in [0.1, 0.15) is 24.5 Å². The number of anilines is 1. The van der Waals surface area contributed by atoms with Gasteiger partial charge in [0.15, 0.2) is 0 Å². The van der Waals surface area contributed by atoms with Crippen LogP contribution in [0.5, 0.6) is 0 Å². The Morgan fingerprint density at radius 3 is 2.45 bits per heavy atom. The third-order valence-electron chi connectivity index (χ3n) is 6.37. The van der Waals surface area contributed by atoms with E-state index in [1.54, 1.807) is 38.1 Å². The molecule has 13 nitrogen and oxygen atoms in total. The Bertz CT molecular complexity index is 1050. The fourth-order valence-electron chi connectivity index (χ4n) is 3.91. The first-order chi connectivity index (χ1) is 19.2. The largest absolute Gasteiger partial charge is 0.467 e. The average molecular weight is 560 g/mol. The summed E-state index contributed by atoms with van der Waals surface area (Å²) < 4.78 is 4.78. The third kappa shape index (κ3) is 9.72. The van der Waals surface area contributed by atoms with Crippen LogP contribution in [0, 0.1) is 5.92 Å². The number of hydrogen-bond acceptors (Lipinski definition) is 10. The minimum absolute atomic E-state index is 0.0753. The van der Waals surface area contributed by atoms with Crippen LogP contribution in [0.3, 0.4) is 0 Å². The van der Waals surface area contributed by atoms with E-state index in [0.717, 1.165) is 18.4 Å². The molecule has 3 amide bonds. The van der Waals surface area contributed by atoms with Crippen LogP contribution in [0.2, 0.25) is 0 Å². The molecule has 1 aliphatic rings. The molecule has 0 saturated carbocycles. The predicted molar refractivity (Wildman–Crippen MR) is 151 cm³/mol. The van der Waals surface area contributed by atoms with Crippen molar-refractivity contribution in [3.63, 3.8) is 0 Å². The van der Waals surface area contributed by atoms with Crippen LogP contribution in [0.15, 0.2) is 29.3 Å². The van der Waals surface area contributed by atoms with Crippen LogP contribution >= 0.6 is 0 Å². The highest BCUT2D eigenvalue weighted by molar-refractivity contribution is 5.97. The molecule has 4 unspecified atom stereocenters. The van der Waals surface area contributed by atoms with E-state index in [2.05, 4.69) is 26.3 Å². The topological polar surface area (TPSA) is 184 Å². The van der Waals surface area contributed by atoms with Gasteiger partial charge in [0.25, 0.3) is 5.91 Å². The van der Waals surface area contributed by atoms with Gasteiger partial charge in [-0.15, -0.1) is 0 Å². The van der Waals surface area contributed by atoms with Crippen LogP contribution in [0.25, 0.3) is 0 Å². The molecule has 1 aromatic rings. The molecule has 0 spiro atoms. The highest BCUT2D eigenvalue weighted by atomic mass is 16.5. The van der Waals surface area contributed by atoms with E-state index in [9.17, 15) is 24.0 Å². The number of amides is 3. The molecule has 0 aromatic heterocycles. The summed E-state index contributed by atoms with van der Waals surface area (Å²) in [6.07, 6.45) is 2.72. The molecule has 1 aromatic carbocycles. The lowest BCUT2D eigenvalue weighted by molar-refractivity contribution is -0.143. The van der Waals surface area contributed by atoms with Gasteiger partial charge in [-0.05, 0) is 37.1 Å². The Kier molecular flexibility index (Phi) is 13.2. The number of carbonyl (C=O) groups excluding carboxylic acids is 5. The van der Waals surface area contributed by atoms with Crippen LogP contribution in [0.1, 0.15) is 50.4 Å². The number of nitrogens with zero attached hydrogens (tertiary/aromatic N) is 2. The van der Waals surface area contributed by atoms with Gasteiger partial charge in [-0.25, -0.2) is 4.79 Å². The molecular weight excluding hydrogens is 518 g/mol. The lowest BCUT2D eigenvalue weighted by Gasteiger charge is -2.19. The van der Waals surface area contributed by atoms with E-state index in [4.69, 9.17) is 10.5 Å². The lowest BCUT2D eigenvalue weighted by atomic mass is 10.1. The van der Waals surface area contributed by atoms with Crippen molar-refractivity contribution in [3.05, 3.63) is 29.8 Å². The molecule has 0 aliphatic carbocycles. The number of esters is 1.